The summed E-state index contributed by atoms with van der Waals surface area (Å²) in [7, 11) is 0. The van der Waals surface area contributed by atoms with Crippen molar-refractivity contribution in [3.8, 4) is 11.1 Å². The first-order valence-electron chi connectivity index (χ1n) is 13.3. The van der Waals surface area contributed by atoms with Crippen LogP contribution in [0, 0.1) is 0 Å². The standard InChI is InChI=1S/C29H36N4O4/c1-3-37-28(36)32-14-10-24(11-15-32)31-16-12-29(13-17-31)19-33(20(2)34)26-9-8-23(18-25(26)29)21-4-6-22(7-5-21)27(30)35/h4-9,18,24H,3,10-17,19H2,1-2H3,(H2,30,35). The summed E-state index contributed by atoms with van der Waals surface area (Å²) >= 11 is 0. The van der Waals surface area contributed by atoms with E-state index in [0.717, 1.165) is 75.2 Å². The zero-order valence-electron chi connectivity index (χ0n) is 21.7. The Bertz CT molecular complexity index is 1180. The van der Waals surface area contributed by atoms with E-state index in [-0.39, 0.29) is 17.4 Å². The third kappa shape index (κ3) is 4.82. The van der Waals surface area contributed by atoms with Gasteiger partial charge >= 0.3 is 6.09 Å². The number of fused-ring (bicyclic) bond motifs is 2. The first-order valence-corrected chi connectivity index (χ1v) is 13.3. The molecule has 2 aromatic rings. The molecule has 8 nitrogen and oxygen atoms in total. The summed E-state index contributed by atoms with van der Waals surface area (Å²) in [6.07, 6.45) is 3.71. The van der Waals surface area contributed by atoms with Crippen molar-refractivity contribution in [1.82, 2.24) is 9.80 Å². The van der Waals surface area contributed by atoms with E-state index in [2.05, 4.69) is 23.1 Å². The Morgan fingerprint density at radius 2 is 1.62 bits per heavy atom. The molecular formula is C29H36N4O4. The summed E-state index contributed by atoms with van der Waals surface area (Å²) in [4.78, 5) is 42.4. The summed E-state index contributed by atoms with van der Waals surface area (Å²) < 4.78 is 5.17. The van der Waals surface area contributed by atoms with Crippen LogP contribution in [0.5, 0.6) is 0 Å². The van der Waals surface area contributed by atoms with E-state index in [1.54, 1.807) is 19.1 Å². The van der Waals surface area contributed by atoms with Gasteiger partial charge in [-0.05, 0) is 86.7 Å². The molecule has 0 atom stereocenters. The zero-order valence-corrected chi connectivity index (χ0v) is 21.7. The predicted octanol–water partition coefficient (Wildman–Crippen LogP) is 3.77. The number of likely N-dealkylation sites (tertiary alicyclic amines) is 2. The second-order valence-corrected chi connectivity index (χ2v) is 10.5. The molecule has 0 aromatic heterocycles. The van der Waals surface area contributed by atoms with E-state index >= 15 is 0 Å². The first kappa shape index (κ1) is 25.3. The van der Waals surface area contributed by atoms with Gasteiger partial charge in [-0.1, -0.05) is 18.2 Å². The number of piperidine rings is 2. The van der Waals surface area contributed by atoms with Crippen LogP contribution < -0.4 is 10.6 Å². The van der Waals surface area contributed by atoms with Gasteiger partial charge in [0.15, 0.2) is 0 Å². The van der Waals surface area contributed by atoms with Crippen molar-refractivity contribution in [2.24, 2.45) is 5.73 Å². The number of hydrogen-bond donors (Lipinski definition) is 1. The van der Waals surface area contributed by atoms with Gasteiger partial charge in [-0.3, -0.25) is 9.59 Å². The molecule has 2 N–H and O–H groups in total. The Morgan fingerprint density at radius 1 is 0.973 bits per heavy atom. The van der Waals surface area contributed by atoms with Crippen LogP contribution in [0.4, 0.5) is 10.5 Å². The minimum atomic E-state index is -0.435. The number of amides is 3. The summed E-state index contributed by atoms with van der Waals surface area (Å²) in [5, 5.41) is 0. The zero-order chi connectivity index (χ0) is 26.2. The van der Waals surface area contributed by atoms with E-state index in [1.807, 2.05) is 28.9 Å². The molecule has 3 aliphatic heterocycles. The quantitative estimate of drug-likeness (QED) is 0.684. The minimum Gasteiger partial charge on any atom is -0.450 e. The molecule has 8 heteroatoms. The van der Waals surface area contributed by atoms with Crippen LogP contribution in [0.2, 0.25) is 0 Å². The van der Waals surface area contributed by atoms with Crippen LogP contribution >= 0.6 is 0 Å². The van der Waals surface area contributed by atoms with E-state index in [1.165, 1.54) is 5.56 Å². The second-order valence-electron chi connectivity index (χ2n) is 10.5. The molecule has 0 saturated carbocycles. The molecule has 2 aromatic carbocycles. The molecule has 0 unspecified atom stereocenters. The first-order chi connectivity index (χ1) is 17.8. The lowest BCUT2D eigenvalue weighted by molar-refractivity contribution is -0.116. The van der Waals surface area contributed by atoms with Crippen molar-refractivity contribution in [2.45, 2.75) is 51.0 Å². The molecule has 2 fully saturated rings. The number of rotatable bonds is 4. The van der Waals surface area contributed by atoms with Gasteiger partial charge in [-0.15, -0.1) is 0 Å². The van der Waals surface area contributed by atoms with Crippen LogP contribution in [-0.2, 0) is 14.9 Å². The number of hydrogen-bond acceptors (Lipinski definition) is 5. The number of nitrogens with two attached hydrogens (primary N) is 1. The van der Waals surface area contributed by atoms with Crippen LogP contribution in [0.15, 0.2) is 42.5 Å². The van der Waals surface area contributed by atoms with Gasteiger partial charge < -0.3 is 25.2 Å². The van der Waals surface area contributed by atoms with E-state index in [4.69, 9.17) is 10.5 Å². The van der Waals surface area contributed by atoms with Crippen molar-refractivity contribution < 1.29 is 19.1 Å². The maximum atomic E-state index is 12.6. The molecule has 0 radical (unpaired) electrons. The number of primary amides is 1. The Morgan fingerprint density at radius 3 is 2.22 bits per heavy atom. The van der Waals surface area contributed by atoms with Crippen molar-refractivity contribution in [1.29, 1.82) is 0 Å². The molecule has 3 aliphatic rings. The highest BCUT2D eigenvalue weighted by molar-refractivity contribution is 5.96. The largest absolute Gasteiger partial charge is 0.450 e. The van der Waals surface area contributed by atoms with Gasteiger partial charge in [0, 0.05) is 49.3 Å². The van der Waals surface area contributed by atoms with Crippen molar-refractivity contribution in [2.75, 3.05) is 44.2 Å². The summed E-state index contributed by atoms with van der Waals surface area (Å²) in [6.45, 7) is 8.05. The van der Waals surface area contributed by atoms with Crippen LogP contribution in [0.25, 0.3) is 11.1 Å². The Labute approximate surface area is 218 Å². The predicted molar refractivity (Wildman–Crippen MR) is 143 cm³/mol. The van der Waals surface area contributed by atoms with Crippen molar-refractivity contribution in [3.63, 3.8) is 0 Å². The lowest BCUT2D eigenvalue weighted by atomic mass is 9.73. The highest BCUT2D eigenvalue weighted by atomic mass is 16.6. The highest BCUT2D eigenvalue weighted by Gasteiger charge is 2.46. The molecule has 3 amide bonds. The lowest BCUT2D eigenvalue weighted by Crippen LogP contribution is -2.52. The van der Waals surface area contributed by atoms with E-state index in [0.29, 0.717) is 18.2 Å². The summed E-state index contributed by atoms with van der Waals surface area (Å²) in [5.41, 5.74) is 10.2. The lowest BCUT2D eigenvalue weighted by Gasteiger charge is -2.45. The fourth-order valence-electron chi connectivity index (χ4n) is 6.33. The highest BCUT2D eigenvalue weighted by Crippen LogP contribution is 2.48. The molecule has 37 heavy (non-hydrogen) atoms. The smallest absolute Gasteiger partial charge is 0.409 e. The molecule has 0 aliphatic carbocycles. The summed E-state index contributed by atoms with van der Waals surface area (Å²) in [6, 6.07) is 14.2. The minimum absolute atomic E-state index is 0.0632. The Hall–Kier alpha value is -3.39. The Kier molecular flexibility index (Phi) is 6.94. The molecule has 5 rings (SSSR count). The molecule has 0 bridgehead atoms. The van der Waals surface area contributed by atoms with E-state index in [9.17, 15) is 14.4 Å². The van der Waals surface area contributed by atoms with Gasteiger partial charge in [-0.25, -0.2) is 4.79 Å². The van der Waals surface area contributed by atoms with Gasteiger partial charge in [0.05, 0.1) is 6.61 Å². The number of anilines is 1. The topological polar surface area (TPSA) is 96.2 Å². The fourth-order valence-corrected chi connectivity index (χ4v) is 6.33. The Balaban J connectivity index is 1.33. The number of benzene rings is 2. The molecular weight excluding hydrogens is 468 g/mol. The fraction of sp³-hybridized carbons (Fsp3) is 0.483. The van der Waals surface area contributed by atoms with Crippen molar-refractivity contribution in [3.05, 3.63) is 53.6 Å². The molecule has 1 spiro atoms. The average Bonchev–Trinajstić information content (AvgIpc) is 3.23. The van der Waals surface area contributed by atoms with Gasteiger partial charge in [0.1, 0.15) is 0 Å². The van der Waals surface area contributed by atoms with Crippen LogP contribution in [0.3, 0.4) is 0 Å². The molecule has 3 heterocycles. The SMILES string of the molecule is CCOC(=O)N1CCC(N2CCC3(CC2)CN(C(C)=O)c2ccc(-c4ccc(C(N)=O)cc4)cc23)CC1. The average molecular weight is 505 g/mol. The maximum absolute atomic E-state index is 12.6. The monoisotopic (exact) mass is 504 g/mol. The van der Waals surface area contributed by atoms with E-state index < -0.39 is 5.91 Å². The molecule has 2 saturated heterocycles. The number of carbonyl (C=O) groups is 3. The maximum Gasteiger partial charge on any atom is 0.409 e. The summed E-state index contributed by atoms with van der Waals surface area (Å²) in [5.74, 6) is -0.361. The van der Waals surface area contributed by atoms with Crippen molar-refractivity contribution >= 4 is 23.6 Å². The van der Waals surface area contributed by atoms with Gasteiger partial charge in [0.25, 0.3) is 0 Å². The van der Waals surface area contributed by atoms with Gasteiger partial charge in [0.2, 0.25) is 11.8 Å². The van der Waals surface area contributed by atoms with Crippen LogP contribution in [-0.4, -0.2) is 73.1 Å². The third-order valence-corrected chi connectivity index (χ3v) is 8.46. The second kappa shape index (κ2) is 10.2. The molecule has 196 valence electrons. The van der Waals surface area contributed by atoms with Gasteiger partial charge in [-0.2, -0.15) is 0 Å². The number of nitrogens with zero attached hydrogens (tertiary/aromatic N) is 3. The third-order valence-electron chi connectivity index (χ3n) is 8.46. The number of carbonyl (C=O) groups excluding carboxylic acids is 3. The number of ether oxygens (including phenoxy) is 1. The normalized spacial score (nSPS) is 19.6. The van der Waals surface area contributed by atoms with Crippen LogP contribution in [0.1, 0.15) is 55.5 Å².